The van der Waals surface area contributed by atoms with Gasteiger partial charge in [-0.1, -0.05) is 6.07 Å². The predicted molar refractivity (Wildman–Crippen MR) is 52.2 cm³/mol. The summed E-state index contributed by atoms with van der Waals surface area (Å²) in [5.74, 6) is -1.21. The van der Waals surface area contributed by atoms with Crippen molar-refractivity contribution in [1.29, 1.82) is 0 Å². The van der Waals surface area contributed by atoms with Gasteiger partial charge in [-0.05, 0) is 25.1 Å². The van der Waals surface area contributed by atoms with Crippen LogP contribution in [0.3, 0.4) is 0 Å². The summed E-state index contributed by atoms with van der Waals surface area (Å²) in [6.45, 7) is 1.15. The van der Waals surface area contributed by atoms with E-state index in [0.717, 1.165) is 19.1 Å². The van der Waals surface area contributed by atoms with Crippen LogP contribution in [0.25, 0.3) is 6.08 Å². The van der Waals surface area contributed by atoms with Crippen molar-refractivity contribution in [2.75, 3.05) is 0 Å². The van der Waals surface area contributed by atoms with Gasteiger partial charge in [0.2, 0.25) is 9.84 Å². The molecule has 1 aliphatic rings. The SMILES string of the molecule is CC(=O)C1=Cc2c(F)cccc2S1(=O)=O. The lowest BCUT2D eigenvalue weighted by Crippen LogP contribution is -2.07. The molecular weight excluding hydrogens is 219 g/mol. The Balaban J connectivity index is 2.81. The molecule has 0 unspecified atom stereocenters. The number of carbonyl (C=O) groups excluding carboxylic acids is 1. The molecule has 1 heterocycles. The Morgan fingerprint density at radius 1 is 1.33 bits per heavy atom. The van der Waals surface area contributed by atoms with Gasteiger partial charge in [0.1, 0.15) is 10.7 Å². The number of carbonyl (C=O) groups is 1. The van der Waals surface area contributed by atoms with E-state index < -0.39 is 21.4 Å². The lowest BCUT2D eigenvalue weighted by molar-refractivity contribution is -0.112. The molecule has 0 amide bonds. The van der Waals surface area contributed by atoms with Gasteiger partial charge in [0.25, 0.3) is 0 Å². The fourth-order valence-corrected chi connectivity index (χ4v) is 3.10. The van der Waals surface area contributed by atoms with Gasteiger partial charge in [-0.2, -0.15) is 0 Å². The van der Waals surface area contributed by atoms with Crippen LogP contribution in [0, 0.1) is 5.82 Å². The highest BCUT2D eigenvalue weighted by Gasteiger charge is 2.33. The Kier molecular flexibility index (Phi) is 2.01. The number of Topliss-reactive ketones (excluding diaryl/α,β-unsaturated/α-hetero) is 1. The Morgan fingerprint density at radius 3 is 2.53 bits per heavy atom. The molecule has 0 radical (unpaired) electrons. The van der Waals surface area contributed by atoms with Crippen molar-refractivity contribution < 1.29 is 17.6 Å². The second-order valence-electron chi connectivity index (χ2n) is 3.22. The van der Waals surface area contributed by atoms with Gasteiger partial charge in [0.05, 0.1) is 4.90 Å². The van der Waals surface area contributed by atoms with Crippen molar-refractivity contribution in [3.05, 3.63) is 34.5 Å². The van der Waals surface area contributed by atoms with Crippen molar-refractivity contribution in [3.63, 3.8) is 0 Å². The van der Waals surface area contributed by atoms with Crippen molar-refractivity contribution in [1.82, 2.24) is 0 Å². The summed E-state index contributed by atoms with van der Waals surface area (Å²) < 4.78 is 36.7. The molecule has 0 spiro atoms. The second-order valence-corrected chi connectivity index (χ2v) is 5.11. The van der Waals surface area contributed by atoms with Gasteiger partial charge in [0, 0.05) is 5.56 Å². The van der Waals surface area contributed by atoms with Crippen LogP contribution in [0.4, 0.5) is 4.39 Å². The van der Waals surface area contributed by atoms with Crippen LogP contribution in [0.2, 0.25) is 0 Å². The monoisotopic (exact) mass is 226 g/mol. The van der Waals surface area contributed by atoms with E-state index in [1.807, 2.05) is 0 Å². The smallest absolute Gasteiger partial charge is 0.210 e. The van der Waals surface area contributed by atoms with Crippen LogP contribution in [-0.4, -0.2) is 14.2 Å². The number of sulfone groups is 1. The lowest BCUT2D eigenvalue weighted by atomic mass is 10.2. The van der Waals surface area contributed by atoms with E-state index in [0.29, 0.717) is 0 Å². The van der Waals surface area contributed by atoms with Gasteiger partial charge in [-0.25, -0.2) is 12.8 Å². The molecule has 0 aliphatic carbocycles. The van der Waals surface area contributed by atoms with Crippen LogP contribution < -0.4 is 0 Å². The summed E-state index contributed by atoms with van der Waals surface area (Å²) >= 11 is 0. The fourth-order valence-electron chi connectivity index (χ4n) is 1.51. The van der Waals surface area contributed by atoms with Crippen LogP contribution in [0.1, 0.15) is 12.5 Å². The quantitative estimate of drug-likeness (QED) is 0.729. The molecule has 1 aromatic carbocycles. The molecule has 0 N–H and O–H groups in total. The molecule has 15 heavy (non-hydrogen) atoms. The first-order valence-electron chi connectivity index (χ1n) is 4.21. The topological polar surface area (TPSA) is 51.2 Å². The van der Waals surface area contributed by atoms with Crippen molar-refractivity contribution in [2.24, 2.45) is 0 Å². The number of allylic oxidation sites excluding steroid dienone is 1. The molecule has 5 heteroatoms. The van der Waals surface area contributed by atoms with Crippen LogP contribution in [-0.2, 0) is 14.6 Å². The minimum Gasteiger partial charge on any atom is -0.294 e. The summed E-state index contributed by atoms with van der Waals surface area (Å²) in [7, 11) is -3.80. The third-order valence-corrected chi connectivity index (χ3v) is 4.13. The molecule has 0 saturated carbocycles. The predicted octanol–water partition coefficient (Wildman–Crippen LogP) is 1.54. The third-order valence-electron chi connectivity index (χ3n) is 2.21. The van der Waals surface area contributed by atoms with Gasteiger partial charge in [-0.3, -0.25) is 4.79 Å². The number of ketones is 1. The van der Waals surface area contributed by atoms with Gasteiger partial charge >= 0.3 is 0 Å². The Hall–Kier alpha value is -1.49. The maximum atomic E-state index is 13.3. The van der Waals surface area contributed by atoms with Crippen LogP contribution in [0.5, 0.6) is 0 Å². The van der Waals surface area contributed by atoms with Crippen molar-refractivity contribution >= 4 is 21.7 Å². The minimum absolute atomic E-state index is 0.0253. The largest absolute Gasteiger partial charge is 0.294 e. The highest BCUT2D eigenvalue weighted by molar-refractivity contribution is 7.96. The van der Waals surface area contributed by atoms with E-state index >= 15 is 0 Å². The Labute approximate surface area is 86.1 Å². The number of hydrogen-bond donors (Lipinski definition) is 0. The summed E-state index contributed by atoms with van der Waals surface area (Å²) in [5.41, 5.74) is -0.0253. The average Bonchev–Trinajstić information content (AvgIpc) is 2.40. The number of halogens is 1. The summed E-state index contributed by atoms with van der Waals surface area (Å²) in [6.07, 6.45) is 1.09. The Bertz CT molecular complexity index is 585. The average molecular weight is 226 g/mol. The number of fused-ring (bicyclic) bond motifs is 1. The first-order chi connectivity index (χ1) is 6.94. The normalized spacial score (nSPS) is 17.1. The molecule has 0 bridgehead atoms. The van der Waals surface area contributed by atoms with Crippen molar-refractivity contribution in [2.45, 2.75) is 11.8 Å². The van der Waals surface area contributed by atoms with Gasteiger partial charge in [-0.15, -0.1) is 0 Å². The standard InChI is InChI=1S/C10H7FO3S/c1-6(12)10-5-7-8(11)3-2-4-9(7)15(10,13)14/h2-5H,1H3. The van der Waals surface area contributed by atoms with E-state index in [-0.39, 0.29) is 15.4 Å². The summed E-state index contributed by atoms with van der Waals surface area (Å²) in [4.78, 5) is 10.6. The van der Waals surface area contributed by atoms with E-state index in [1.54, 1.807) is 0 Å². The molecule has 0 fully saturated rings. The van der Waals surface area contributed by atoms with Gasteiger partial charge in [0.15, 0.2) is 5.78 Å². The molecule has 78 valence electrons. The lowest BCUT2D eigenvalue weighted by Gasteiger charge is -1.99. The number of hydrogen-bond acceptors (Lipinski definition) is 3. The first-order valence-corrected chi connectivity index (χ1v) is 5.69. The molecule has 2 rings (SSSR count). The molecular formula is C10H7FO3S. The van der Waals surface area contributed by atoms with Crippen LogP contribution in [0.15, 0.2) is 28.0 Å². The molecule has 3 nitrogen and oxygen atoms in total. The molecule has 0 saturated heterocycles. The first kappa shape index (κ1) is 10.0. The molecule has 1 aliphatic heterocycles. The zero-order chi connectivity index (χ0) is 11.2. The minimum atomic E-state index is -3.80. The summed E-state index contributed by atoms with van der Waals surface area (Å²) in [5, 5.41) is 0. The van der Waals surface area contributed by atoms with Gasteiger partial charge < -0.3 is 0 Å². The second kappa shape index (κ2) is 3.00. The fraction of sp³-hybridized carbons (Fsp3) is 0.100. The van der Waals surface area contributed by atoms with Crippen molar-refractivity contribution in [3.8, 4) is 0 Å². The molecule has 0 atom stereocenters. The molecule has 0 aromatic heterocycles. The van der Waals surface area contributed by atoms with Crippen LogP contribution >= 0.6 is 0 Å². The van der Waals surface area contributed by atoms with E-state index in [9.17, 15) is 17.6 Å². The number of benzene rings is 1. The maximum absolute atomic E-state index is 13.3. The zero-order valence-corrected chi connectivity index (χ0v) is 8.64. The Morgan fingerprint density at radius 2 is 2.00 bits per heavy atom. The zero-order valence-electron chi connectivity index (χ0n) is 7.82. The highest BCUT2D eigenvalue weighted by atomic mass is 32.2. The van der Waals surface area contributed by atoms with E-state index in [4.69, 9.17) is 0 Å². The highest BCUT2D eigenvalue weighted by Crippen LogP contribution is 2.34. The third kappa shape index (κ3) is 1.31. The molecule has 1 aromatic rings. The summed E-state index contributed by atoms with van der Waals surface area (Å²) in [6, 6.07) is 3.76. The van der Waals surface area contributed by atoms with E-state index in [2.05, 4.69) is 0 Å². The number of rotatable bonds is 1. The van der Waals surface area contributed by atoms with E-state index in [1.165, 1.54) is 12.1 Å². The maximum Gasteiger partial charge on any atom is 0.210 e.